The number of amides is 1. The summed E-state index contributed by atoms with van der Waals surface area (Å²) in [6.45, 7) is 0. The predicted octanol–water partition coefficient (Wildman–Crippen LogP) is 3.07. The largest absolute Gasteiger partial charge is 0.349 e. The highest BCUT2D eigenvalue weighted by molar-refractivity contribution is 9.09. The summed E-state index contributed by atoms with van der Waals surface area (Å²) in [5, 5.41) is 3.11. The van der Waals surface area contributed by atoms with E-state index < -0.39 is 0 Å². The molecule has 20 heavy (non-hydrogen) atoms. The van der Waals surface area contributed by atoms with Gasteiger partial charge in [0.25, 0.3) is 5.91 Å². The minimum atomic E-state index is -0.0180. The topological polar surface area (TPSA) is 54.9 Å². The molecule has 0 bridgehead atoms. The number of fused-ring (bicyclic) bond motifs is 1. The van der Waals surface area contributed by atoms with Crippen LogP contribution in [-0.2, 0) is 0 Å². The lowest BCUT2D eigenvalue weighted by atomic mass is 9.95. The van der Waals surface area contributed by atoms with Crippen molar-refractivity contribution in [2.24, 2.45) is 0 Å². The standard InChI is InChI=1S/C15H16BrN3O/c16-11-2-4-12(5-3-11)19-15(20)10-1-6-13-14(9-10)18-8-7-17-13/h1,6-9,11-12H,2-5H2,(H,19,20). The van der Waals surface area contributed by atoms with Crippen LogP contribution in [0.1, 0.15) is 36.0 Å². The van der Waals surface area contributed by atoms with Crippen LogP contribution in [-0.4, -0.2) is 26.7 Å². The fourth-order valence-corrected chi connectivity index (χ4v) is 3.10. The molecule has 1 saturated carbocycles. The van der Waals surface area contributed by atoms with Gasteiger partial charge in [-0.3, -0.25) is 14.8 Å². The summed E-state index contributed by atoms with van der Waals surface area (Å²) < 4.78 is 0. The Hall–Kier alpha value is -1.49. The average molecular weight is 334 g/mol. The zero-order valence-electron chi connectivity index (χ0n) is 11.1. The molecule has 0 spiro atoms. The van der Waals surface area contributed by atoms with Crippen molar-refractivity contribution in [1.82, 2.24) is 15.3 Å². The zero-order valence-corrected chi connectivity index (χ0v) is 12.6. The first kappa shape index (κ1) is 13.5. The molecule has 1 aliphatic carbocycles. The molecule has 1 heterocycles. The minimum Gasteiger partial charge on any atom is -0.349 e. The SMILES string of the molecule is O=C(NC1CCC(Br)CC1)c1ccc2nccnc2c1. The van der Waals surface area contributed by atoms with Crippen molar-refractivity contribution in [2.75, 3.05) is 0 Å². The van der Waals surface area contributed by atoms with Crippen molar-refractivity contribution < 1.29 is 4.79 Å². The minimum absolute atomic E-state index is 0.0180. The summed E-state index contributed by atoms with van der Waals surface area (Å²) in [4.78, 5) is 21.3. The van der Waals surface area contributed by atoms with Crippen LogP contribution in [0.3, 0.4) is 0 Å². The maximum atomic E-state index is 12.3. The van der Waals surface area contributed by atoms with Crippen molar-refractivity contribution in [3.05, 3.63) is 36.2 Å². The molecule has 4 nitrogen and oxygen atoms in total. The summed E-state index contributed by atoms with van der Waals surface area (Å²) in [6.07, 6.45) is 7.61. The first-order chi connectivity index (χ1) is 9.72. The van der Waals surface area contributed by atoms with Crippen molar-refractivity contribution in [2.45, 2.75) is 36.6 Å². The lowest BCUT2D eigenvalue weighted by Crippen LogP contribution is -2.37. The van der Waals surface area contributed by atoms with Crippen LogP contribution in [0.2, 0.25) is 0 Å². The summed E-state index contributed by atoms with van der Waals surface area (Å²) >= 11 is 3.63. The van der Waals surface area contributed by atoms with E-state index in [1.165, 1.54) is 0 Å². The molecule has 5 heteroatoms. The number of aromatic nitrogens is 2. The number of nitrogens with zero attached hydrogens (tertiary/aromatic N) is 2. The highest BCUT2D eigenvalue weighted by atomic mass is 79.9. The molecule has 1 N–H and O–H groups in total. The van der Waals surface area contributed by atoms with Gasteiger partial charge in [0, 0.05) is 28.8 Å². The van der Waals surface area contributed by atoms with Gasteiger partial charge in [-0.15, -0.1) is 0 Å². The Labute approximate surface area is 126 Å². The monoisotopic (exact) mass is 333 g/mol. The van der Waals surface area contributed by atoms with E-state index in [1.807, 2.05) is 12.1 Å². The van der Waals surface area contributed by atoms with Gasteiger partial charge in [0.1, 0.15) is 0 Å². The van der Waals surface area contributed by atoms with Crippen molar-refractivity contribution in [3.8, 4) is 0 Å². The predicted molar refractivity (Wildman–Crippen MR) is 82.0 cm³/mol. The number of hydrogen-bond donors (Lipinski definition) is 1. The third-order valence-electron chi connectivity index (χ3n) is 3.72. The number of nitrogens with one attached hydrogen (secondary N) is 1. The number of halogens is 1. The van der Waals surface area contributed by atoms with Gasteiger partial charge in [-0.2, -0.15) is 0 Å². The van der Waals surface area contributed by atoms with Crippen LogP contribution in [0.15, 0.2) is 30.6 Å². The first-order valence-corrected chi connectivity index (χ1v) is 7.79. The van der Waals surface area contributed by atoms with E-state index in [2.05, 4.69) is 31.2 Å². The second kappa shape index (κ2) is 5.87. The second-order valence-corrected chi connectivity index (χ2v) is 6.48. The number of alkyl halides is 1. The highest BCUT2D eigenvalue weighted by Gasteiger charge is 2.21. The molecule has 0 atom stereocenters. The Morgan fingerprint density at radius 2 is 1.80 bits per heavy atom. The number of hydrogen-bond acceptors (Lipinski definition) is 3. The van der Waals surface area contributed by atoms with E-state index in [4.69, 9.17) is 0 Å². The number of benzene rings is 1. The normalized spacial score (nSPS) is 22.6. The van der Waals surface area contributed by atoms with E-state index >= 15 is 0 Å². The number of carbonyl (C=O) groups is 1. The van der Waals surface area contributed by atoms with Gasteiger partial charge in [-0.05, 0) is 43.9 Å². The van der Waals surface area contributed by atoms with Crippen molar-refractivity contribution >= 4 is 32.9 Å². The number of carbonyl (C=O) groups excluding carboxylic acids is 1. The van der Waals surface area contributed by atoms with Crippen LogP contribution in [0.4, 0.5) is 0 Å². The van der Waals surface area contributed by atoms with Crippen molar-refractivity contribution in [3.63, 3.8) is 0 Å². The molecule has 1 aliphatic rings. The fraction of sp³-hybridized carbons (Fsp3) is 0.400. The molecule has 1 aromatic heterocycles. The second-order valence-electron chi connectivity index (χ2n) is 5.18. The third-order valence-corrected chi connectivity index (χ3v) is 4.64. The van der Waals surface area contributed by atoms with Crippen LogP contribution in [0, 0.1) is 0 Å². The van der Waals surface area contributed by atoms with Crippen LogP contribution < -0.4 is 5.32 Å². The summed E-state index contributed by atoms with van der Waals surface area (Å²) in [5.41, 5.74) is 2.21. The smallest absolute Gasteiger partial charge is 0.251 e. The lowest BCUT2D eigenvalue weighted by Gasteiger charge is -2.26. The zero-order chi connectivity index (χ0) is 13.9. The molecule has 104 valence electrons. The van der Waals surface area contributed by atoms with Crippen LogP contribution >= 0.6 is 15.9 Å². The Morgan fingerprint density at radius 1 is 1.10 bits per heavy atom. The molecule has 0 radical (unpaired) electrons. The Morgan fingerprint density at radius 3 is 2.55 bits per heavy atom. The quantitative estimate of drug-likeness (QED) is 0.859. The molecule has 3 rings (SSSR count). The van der Waals surface area contributed by atoms with Gasteiger partial charge in [0.2, 0.25) is 0 Å². The molecule has 1 amide bonds. The molecular weight excluding hydrogens is 318 g/mol. The lowest BCUT2D eigenvalue weighted by molar-refractivity contribution is 0.0928. The van der Waals surface area contributed by atoms with E-state index in [0.29, 0.717) is 10.4 Å². The van der Waals surface area contributed by atoms with E-state index in [0.717, 1.165) is 36.7 Å². The maximum Gasteiger partial charge on any atom is 0.251 e. The van der Waals surface area contributed by atoms with Gasteiger partial charge in [0.05, 0.1) is 11.0 Å². The molecule has 1 fully saturated rings. The Balaban J connectivity index is 1.72. The van der Waals surface area contributed by atoms with Crippen molar-refractivity contribution in [1.29, 1.82) is 0 Å². The Bertz CT molecular complexity index is 623. The first-order valence-electron chi connectivity index (χ1n) is 6.88. The van der Waals surface area contributed by atoms with E-state index in [-0.39, 0.29) is 11.9 Å². The van der Waals surface area contributed by atoms with Gasteiger partial charge in [0.15, 0.2) is 0 Å². The highest BCUT2D eigenvalue weighted by Crippen LogP contribution is 2.24. The summed E-state index contributed by atoms with van der Waals surface area (Å²) in [6, 6.07) is 5.73. The van der Waals surface area contributed by atoms with Gasteiger partial charge in [-0.1, -0.05) is 15.9 Å². The third kappa shape index (κ3) is 2.98. The molecule has 2 aromatic rings. The Kier molecular flexibility index (Phi) is 3.96. The number of rotatable bonds is 2. The maximum absolute atomic E-state index is 12.3. The van der Waals surface area contributed by atoms with Gasteiger partial charge >= 0.3 is 0 Å². The molecule has 0 saturated heterocycles. The summed E-state index contributed by atoms with van der Waals surface area (Å²) in [7, 11) is 0. The van der Waals surface area contributed by atoms with Gasteiger partial charge in [-0.25, -0.2) is 0 Å². The van der Waals surface area contributed by atoms with Gasteiger partial charge < -0.3 is 5.32 Å². The molecule has 1 aromatic carbocycles. The van der Waals surface area contributed by atoms with E-state index in [1.54, 1.807) is 18.5 Å². The van der Waals surface area contributed by atoms with E-state index in [9.17, 15) is 4.79 Å². The van der Waals surface area contributed by atoms with Crippen LogP contribution in [0.5, 0.6) is 0 Å². The molecule has 0 unspecified atom stereocenters. The molecular formula is C15H16BrN3O. The fourth-order valence-electron chi connectivity index (χ4n) is 2.57. The van der Waals surface area contributed by atoms with Crippen LogP contribution in [0.25, 0.3) is 11.0 Å². The average Bonchev–Trinajstić information content (AvgIpc) is 2.49. The summed E-state index contributed by atoms with van der Waals surface area (Å²) in [5.74, 6) is -0.0180. The molecule has 0 aliphatic heterocycles.